The smallest absolute Gasteiger partial charge is 0.272 e. The number of halogens is 1. The molecule has 0 bridgehead atoms. The molecule has 1 amide bonds. The Balaban J connectivity index is 1.43. The lowest BCUT2D eigenvalue weighted by atomic mass is 10.0. The topological polar surface area (TPSA) is 70.5 Å². The van der Waals surface area contributed by atoms with Crippen molar-refractivity contribution < 1.29 is 9.18 Å². The number of hydrogen-bond acceptors (Lipinski definition) is 3. The molecule has 4 aromatic rings. The van der Waals surface area contributed by atoms with Gasteiger partial charge in [-0.05, 0) is 35.4 Å². The summed E-state index contributed by atoms with van der Waals surface area (Å²) >= 11 is 0. The number of carbonyl (C=O) groups excluding carboxylic acids is 1. The number of rotatable bonds is 4. The van der Waals surface area contributed by atoms with Gasteiger partial charge in [-0.25, -0.2) is 13.9 Å². The summed E-state index contributed by atoms with van der Waals surface area (Å²) in [5, 5.41) is 3.01. The van der Waals surface area contributed by atoms with Crippen LogP contribution in [-0.2, 0) is 11.3 Å². The molecule has 0 spiro atoms. The number of carbonyl (C=O) groups is 1. The van der Waals surface area contributed by atoms with Crippen molar-refractivity contribution >= 4 is 11.6 Å². The molecule has 1 atom stereocenters. The van der Waals surface area contributed by atoms with Crippen molar-refractivity contribution in [2.24, 2.45) is 0 Å². The number of hydrogen-bond donors (Lipinski definition) is 1. The van der Waals surface area contributed by atoms with E-state index in [1.54, 1.807) is 18.2 Å². The second-order valence-corrected chi connectivity index (χ2v) is 7.55. The van der Waals surface area contributed by atoms with Crippen LogP contribution in [0.15, 0.2) is 71.5 Å². The maximum Gasteiger partial charge on any atom is 0.272 e. The number of aromatic amines is 1. The van der Waals surface area contributed by atoms with Crippen molar-refractivity contribution in [3.05, 3.63) is 94.2 Å². The van der Waals surface area contributed by atoms with Gasteiger partial charge in [0.05, 0.1) is 11.4 Å². The third-order valence-electron chi connectivity index (χ3n) is 5.47. The molecule has 1 N–H and O–H groups in total. The predicted octanol–water partition coefficient (Wildman–Crippen LogP) is 3.34. The van der Waals surface area contributed by atoms with Crippen molar-refractivity contribution in [2.75, 3.05) is 6.54 Å². The van der Waals surface area contributed by atoms with Crippen molar-refractivity contribution in [3.63, 3.8) is 0 Å². The van der Waals surface area contributed by atoms with Crippen LogP contribution >= 0.6 is 0 Å². The molecule has 0 unspecified atom stereocenters. The zero-order valence-corrected chi connectivity index (χ0v) is 16.1. The fourth-order valence-corrected chi connectivity index (χ4v) is 3.92. The van der Waals surface area contributed by atoms with Gasteiger partial charge in [-0.2, -0.15) is 0 Å². The fourth-order valence-electron chi connectivity index (χ4n) is 3.92. The molecule has 2 aromatic heterocycles. The number of H-pyrrole nitrogens is 1. The van der Waals surface area contributed by atoms with Crippen molar-refractivity contribution in [1.29, 1.82) is 0 Å². The SMILES string of the molecule is O=C1C[C@@H](c2cc(=O)n3[nH]c(-c4ccc(F)cc4)cc3n2)CN1Cc1ccccc1. The highest BCUT2D eigenvalue weighted by Crippen LogP contribution is 2.28. The molecular formula is C23H19FN4O2. The molecule has 0 aliphatic carbocycles. The quantitative estimate of drug-likeness (QED) is 0.569. The highest BCUT2D eigenvalue weighted by molar-refractivity contribution is 5.79. The van der Waals surface area contributed by atoms with Crippen molar-refractivity contribution in [3.8, 4) is 11.3 Å². The lowest BCUT2D eigenvalue weighted by Gasteiger charge is -2.16. The molecule has 1 aliphatic heterocycles. The largest absolute Gasteiger partial charge is 0.338 e. The van der Waals surface area contributed by atoms with Crippen LogP contribution in [0.25, 0.3) is 16.9 Å². The number of nitrogens with one attached hydrogen (secondary N) is 1. The van der Waals surface area contributed by atoms with Gasteiger partial charge in [-0.3, -0.25) is 14.7 Å². The standard InChI is InChI=1S/C23H19FN4O2/c24-18-8-6-16(7-9-18)20-11-21-25-19(12-23(30)28(21)26-20)17-10-22(29)27(14-17)13-15-4-2-1-3-5-15/h1-9,11-12,17,26H,10,13-14H2/t17-/m1/s1. The van der Waals surface area contributed by atoms with Gasteiger partial charge in [0.2, 0.25) is 5.91 Å². The van der Waals surface area contributed by atoms with Crippen LogP contribution in [0.5, 0.6) is 0 Å². The number of likely N-dealkylation sites (tertiary alicyclic amines) is 1. The predicted molar refractivity (Wildman–Crippen MR) is 110 cm³/mol. The van der Waals surface area contributed by atoms with Gasteiger partial charge in [-0.15, -0.1) is 0 Å². The van der Waals surface area contributed by atoms with E-state index in [9.17, 15) is 14.0 Å². The van der Waals surface area contributed by atoms with E-state index in [1.807, 2.05) is 35.2 Å². The Hall–Kier alpha value is -3.74. The molecule has 5 rings (SSSR count). The van der Waals surface area contributed by atoms with Gasteiger partial charge in [0.1, 0.15) is 5.82 Å². The van der Waals surface area contributed by atoms with Crippen LogP contribution < -0.4 is 5.56 Å². The van der Waals surface area contributed by atoms with Crippen molar-refractivity contribution in [2.45, 2.75) is 18.9 Å². The molecule has 2 aromatic carbocycles. The number of fused-ring (bicyclic) bond motifs is 1. The first kappa shape index (κ1) is 18.3. The molecular weight excluding hydrogens is 383 g/mol. The Morgan fingerprint density at radius 2 is 1.80 bits per heavy atom. The molecule has 1 saturated heterocycles. The average molecular weight is 402 g/mol. The molecule has 0 radical (unpaired) electrons. The van der Waals surface area contributed by atoms with Gasteiger partial charge in [0, 0.05) is 37.6 Å². The molecule has 1 aliphatic rings. The first-order valence-corrected chi connectivity index (χ1v) is 9.77. The number of benzene rings is 2. The summed E-state index contributed by atoms with van der Waals surface area (Å²) in [5.74, 6) is -0.381. The average Bonchev–Trinajstić information content (AvgIpc) is 3.34. The zero-order chi connectivity index (χ0) is 20.7. The lowest BCUT2D eigenvalue weighted by Crippen LogP contribution is -2.24. The van der Waals surface area contributed by atoms with E-state index in [0.29, 0.717) is 36.5 Å². The van der Waals surface area contributed by atoms with Crippen molar-refractivity contribution in [1.82, 2.24) is 19.5 Å². The minimum absolute atomic E-state index is 0.0620. The van der Waals surface area contributed by atoms with E-state index < -0.39 is 0 Å². The Labute approximate surface area is 171 Å². The third kappa shape index (κ3) is 3.39. The zero-order valence-electron chi connectivity index (χ0n) is 16.1. The molecule has 6 nitrogen and oxygen atoms in total. The van der Waals surface area contributed by atoms with Gasteiger partial charge in [0.15, 0.2) is 5.65 Å². The fraction of sp³-hybridized carbons (Fsp3) is 0.174. The second kappa shape index (κ2) is 7.26. The lowest BCUT2D eigenvalue weighted by molar-refractivity contribution is -0.128. The van der Waals surface area contributed by atoms with Crippen LogP contribution in [0.3, 0.4) is 0 Å². The Morgan fingerprint density at radius 1 is 1.03 bits per heavy atom. The Bertz CT molecular complexity index is 1280. The molecule has 1 fully saturated rings. The summed E-state index contributed by atoms with van der Waals surface area (Å²) < 4.78 is 14.6. The Kier molecular flexibility index (Phi) is 4.43. The second-order valence-electron chi connectivity index (χ2n) is 7.55. The Morgan fingerprint density at radius 3 is 2.57 bits per heavy atom. The molecule has 150 valence electrons. The highest BCUT2D eigenvalue weighted by Gasteiger charge is 2.32. The summed E-state index contributed by atoms with van der Waals surface area (Å²) in [5.41, 5.74) is 3.36. The maximum absolute atomic E-state index is 13.2. The van der Waals surface area contributed by atoms with Crippen LogP contribution in [0.1, 0.15) is 23.6 Å². The molecule has 30 heavy (non-hydrogen) atoms. The van der Waals surface area contributed by atoms with Crippen LogP contribution in [0, 0.1) is 5.82 Å². The first-order valence-electron chi connectivity index (χ1n) is 9.77. The van der Waals surface area contributed by atoms with Gasteiger partial charge >= 0.3 is 0 Å². The summed E-state index contributed by atoms with van der Waals surface area (Å²) in [6, 6.07) is 19.1. The highest BCUT2D eigenvalue weighted by atomic mass is 19.1. The third-order valence-corrected chi connectivity index (χ3v) is 5.47. The molecule has 7 heteroatoms. The minimum atomic E-state index is -0.321. The molecule has 3 heterocycles. The van der Waals surface area contributed by atoms with Crippen LogP contribution in [0.2, 0.25) is 0 Å². The summed E-state index contributed by atoms with van der Waals surface area (Å²) in [6.45, 7) is 1.09. The van der Waals surface area contributed by atoms with Gasteiger partial charge in [-0.1, -0.05) is 30.3 Å². The minimum Gasteiger partial charge on any atom is -0.338 e. The normalized spacial score (nSPS) is 16.5. The van der Waals surface area contributed by atoms with E-state index in [-0.39, 0.29) is 23.2 Å². The van der Waals surface area contributed by atoms with E-state index in [2.05, 4.69) is 10.1 Å². The number of amides is 1. The number of aromatic nitrogens is 3. The monoisotopic (exact) mass is 402 g/mol. The first-order chi connectivity index (χ1) is 14.6. The summed E-state index contributed by atoms with van der Waals surface area (Å²) in [4.78, 5) is 31.6. The maximum atomic E-state index is 13.2. The van der Waals surface area contributed by atoms with Crippen LogP contribution in [-0.4, -0.2) is 31.9 Å². The van der Waals surface area contributed by atoms with E-state index in [0.717, 1.165) is 11.1 Å². The molecule has 0 saturated carbocycles. The van der Waals surface area contributed by atoms with Gasteiger partial charge < -0.3 is 4.90 Å². The number of nitrogens with zero attached hydrogens (tertiary/aromatic N) is 3. The van der Waals surface area contributed by atoms with E-state index in [1.165, 1.54) is 22.7 Å². The van der Waals surface area contributed by atoms with E-state index in [4.69, 9.17) is 0 Å². The summed E-state index contributed by atoms with van der Waals surface area (Å²) in [6.07, 6.45) is 0.338. The van der Waals surface area contributed by atoms with E-state index >= 15 is 0 Å². The van der Waals surface area contributed by atoms with Crippen LogP contribution in [0.4, 0.5) is 4.39 Å². The summed E-state index contributed by atoms with van der Waals surface area (Å²) in [7, 11) is 0. The van der Waals surface area contributed by atoms with Gasteiger partial charge in [0.25, 0.3) is 5.56 Å².